The molecule has 0 saturated carbocycles. The zero-order chi connectivity index (χ0) is 11.6. The van der Waals surface area contributed by atoms with Gasteiger partial charge in [0.05, 0.1) is 16.6 Å². The van der Waals surface area contributed by atoms with Crippen molar-refractivity contribution in [2.24, 2.45) is 5.92 Å². The molecule has 0 aromatic carbocycles. The summed E-state index contributed by atoms with van der Waals surface area (Å²) in [6.07, 6.45) is 4.35. The Morgan fingerprint density at radius 3 is 2.81 bits per heavy atom. The van der Waals surface area contributed by atoms with E-state index in [4.69, 9.17) is 4.74 Å². The van der Waals surface area contributed by atoms with E-state index >= 15 is 0 Å². The highest BCUT2D eigenvalue weighted by atomic mass is 32.2. The first-order valence-electron chi connectivity index (χ1n) is 5.81. The summed E-state index contributed by atoms with van der Waals surface area (Å²) in [4.78, 5) is 11.7. The second-order valence-electron chi connectivity index (χ2n) is 4.24. The Kier molecular flexibility index (Phi) is 3.90. The zero-order valence-electron chi connectivity index (χ0n) is 9.82. The second-order valence-corrected chi connectivity index (χ2v) is 7.35. The Bertz CT molecular complexity index is 306. The summed E-state index contributed by atoms with van der Waals surface area (Å²) >= 11 is 4.06. The van der Waals surface area contributed by atoms with Gasteiger partial charge in [-0.05, 0) is 26.7 Å². The van der Waals surface area contributed by atoms with Gasteiger partial charge in [0, 0.05) is 11.5 Å². The molecule has 1 heterocycles. The molecule has 90 valence electrons. The van der Waals surface area contributed by atoms with E-state index in [1.54, 1.807) is 0 Å². The molecular weight excluding hydrogens is 240 g/mol. The summed E-state index contributed by atoms with van der Waals surface area (Å²) in [6.45, 7) is 4.42. The maximum atomic E-state index is 11.7. The van der Waals surface area contributed by atoms with E-state index in [-0.39, 0.29) is 16.0 Å². The minimum atomic E-state index is -0.0425. The number of hydrogen-bond acceptors (Lipinski definition) is 4. The Hall–Kier alpha value is -0.0900. The van der Waals surface area contributed by atoms with Gasteiger partial charge in [-0.2, -0.15) is 0 Å². The van der Waals surface area contributed by atoms with Crippen molar-refractivity contribution in [2.45, 2.75) is 30.8 Å². The van der Waals surface area contributed by atoms with Crippen molar-refractivity contribution in [2.75, 3.05) is 18.1 Å². The van der Waals surface area contributed by atoms with Gasteiger partial charge in [0.2, 0.25) is 0 Å². The summed E-state index contributed by atoms with van der Waals surface area (Å²) in [7, 11) is 0. The second kappa shape index (κ2) is 5.05. The van der Waals surface area contributed by atoms with Crippen LogP contribution in [0.25, 0.3) is 0 Å². The van der Waals surface area contributed by atoms with E-state index in [0.717, 1.165) is 12.8 Å². The highest BCUT2D eigenvalue weighted by Crippen LogP contribution is 2.52. The van der Waals surface area contributed by atoms with Gasteiger partial charge in [0.1, 0.15) is 0 Å². The fourth-order valence-electron chi connectivity index (χ4n) is 2.34. The fourth-order valence-corrected chi connectivity index (χ4v) is 5.59. The molecule has 0 aromatic rings. The third-order valence-corrected chi connectivity index (χ3v) is 6.53. The highest BCUT2D eigenvalue weighted by Gasteiger charge is 2.39. The third kappa shape index (κ3) is 2.43. The molecule has 2 rings (SSSR count). The number of thioether (sulfide) groups is 2. The van der Waals surface area contributed by atoms with Gasteiger partial charge in [0.15, 0.2) is 0 Å². The first kappa shape index (κ1) is 12.4. The standard InChI is InChI=1S/C12H18O2S2/c1-3-14-11(13)10-4-5-12(8-9(10)2)15-6-7-16-12/h8,10H,3-7H2,1-2H3. The monoisotopic (exact) mass is 258 g/mol. The van der Waals surface area contributed by atoms with Crippen LogP contribution in [0.2, 0.25) is 0 Å². The molecule has 0 N–H and O–H groups in total. The molecule has 2 aliphatic rings. The molecule has 16 heavy (non-hydrogen) atoms. The van der Waals surface area contributed by atoms with E-state index < -0.39 is 0 Å². The Morgan fingerprint density at radius 1 is 1.56 bits per heavy atom. The number of hydrogen-bond donors (Lipinski definition) is 0. The Balaban J connectivity index is 2.08. The summed E-state index contributed by atoms with van der Waals surface area (Å²) in [6, 6.07) is 0. The van der Waals surface area contributed by atoms with Gasteiger partial charge in [0.25, 0.3) is 0 Å². The average Bonchev–Trinajstić information content (AvgIpc) is 2.66. The molecule has 0 radical (unpaired) electrons. The molecule has 1 fully saturated rings. The van der Waals surface area contributed by atoms with Crippen molar-refractivity contribution in [3.63, 3.8) is 0 Å². The van der Waals surface area contributed by atoms with E-state index in [1.165, 1.54) is 17.1 Å². The minimum Gasteiger partial charge on any atom is -0.466 e. The van der Waals surface area contributed by atoms with Crippen LogP contribution in [-0.2, 0) is 9.53 Å². The van der Waals surface area contributed by atoms with Gasteiger partial charge in [-0.15, -0.1) is 23.5 Å². The number of carbonyl (C=O) groups is 1. The van der Waals surface area contributed by atoms with E-state index in [1.807, 2.05) is 30.4 Å². The zero-order valence-corrected chi connectivity index (χ0v) is 11.5. The molecular formula is C12H18O2S2. The summed E-state index contributed by atoms with van der Waals surface area (Å²) < 4.78 is 5.38. The van der Waals surface area contributed by atoms with Crippen LogP contribution in [0, 0.1) is 5.92 Å². The number of ether oxygens (including phenoxy) is 1. The Morgan fingerprint density at radius 2 is 2.25 bits per heavy atom. The lowest BCUT2D eigenvalue weighted by atomic mass is 9.88. The lowest BCUT2D eigenvalue weighted by Gasteiger charge is -2.32. The van der Waals surface area contributed by atoms with Crippen molar-refractivity contribution in [1.29, 1.82) is 0 Å². The summed E-state index contributed by atoms with van der Waals surface area (Å²) in [5.74, 6) is 2.43. The van der Waals surface area contributed by atoms with Crippen LogP contribution in [0.15, 0.2) is 11.6 Å². The normalized spacial score (nSPS) is 27.9. The van der Waals surface area contributed by atoms with Crippen LogP contribution < -0.4 is 0 Å². The molecule has 1 spiro atoms. The van der Waals surface area contributed by atoms with E-state index in [2.05, 4.69) is 13.0 Å². The van der Waals surface area contributed by atoms with Gasteiger partial charge in [-0.25, -0.2) is 0 Å². The van der Waals surface area contributed by atoms with E-state index in [0.29, 0.717) is 6.61 Å². The van der Waals surface area contributed by atoms with Crippen molar-refractivity contribution < 1.29 is 9.53 Å². The van der Waals surface area contributed by atoms with Gasteiger partial charge < -0.3 is 4.74 Å². The van der Waals surface area contributed by atoms with E-state index in [9.17, 15) is 4.79 Å². The van der Waals surface area contributed by atoms with Crippen LogP contribution in [0.4, 0.5) is 0 Å². The maximum Gasteiger partial charge on any atom is 0.313 e. The highest BCUT2D eigenvalue weighted by molar-refractivity contribution is 8.21. The first-order valence-corrected chi connectivity index (χ1v) is 7.78. The number of esters is 1. The largest absolute Gasteiger partial charge is 0.466 e. The van der Waals surface area contributed by atoms with Crippen LogP contribution in [-0.4, -0.2) is 28.2 Å². The number of rotatable bonds is 2. The summed E-state index contributed by atoms with van der Waals surface area (Å²) in [5, 5.41) is 0. The molecule has 0 amide bonds. The maximum absolute atomic E-state index is 11.7. The third-order valence-electron chi connectivity index (χ3n) is 3.13. The van der Waals surface area contributed by atoms with Crippen molar-refractivity contribution in [3.05, 3.63) is 11.6 Å². The minimum absolute atomic E-state index is 0.00683. The molecule has 1 aliphatic heterocycles. The molecule has 1 saturated heterocycles. The number of carbonyl (C=O) groups excluding carboxylic acids is 1. The van der Waals surface area contributed by atoms with Crippen LogP contribution in [0.3, 0.4) is 0 Å². The first-order chi connectivity index (χ1) is 7.67. The quantitative estimate of drug-likeness (QED) is 0.561. The molecule has 4 heteroatoms. The molecule has 0 bridgehead atoms. The lowest BCUT2D eigenvalue weighted by molar-refractivity contribution is -0.147. The van der Waals surface area contributed by atoms with Crippen LogP contribution in [0.1, 0.15) is 26.7 Å². The fraction of sp³-hybridized carbons (Fsp3) is 0.750. The predicted molar refractivity (Wildman–Crippen MR) is 70.8 cm³/mol. The lowest BCUT2D eigenvalue weighted by Crippen LogP contribution is -2.28. The average molecular weight is 258 g/mol. The van der Waals surface area contributed by atoms with Gasteiger partial charge in [-0.3, -0.25) is 4.79 Å². The summed E-state index contributed by atoms with van der Waals surface area (Å²) in [5.41, 5.74) is 1.20. The molecule has 1 atom stereocenters. The van der Waals surface area contributed by atoms with Gasteiger partial charge >= 0.3 is 5.97 Å². The molecule has 1 unspecified atom stereocenters. The van der Waals surface area contributed by atoms with Gasteiger partial charge in [-0.1, -0.05) is 11.6 Å². The molecule has 0 aromatic heterocycles. The van der Waals surface area contributed by atoms with Crippen LogP contribution >= 0.6 is 23.5 Å². The van der Waals surface area contributed by atoms with Crippen molar-refractivity contribution in [3.8, 4) is 0 Å². The SMILES string of the molecule is CCOC(=O)C1CCC2(C=C1C)SCCS2. The Labute approximate surface area is 106 Å². The van der Waals surface area contributed by atoms with Crippen molar-refractivity contribution in [1.82, 2.24) is 0 Å². The topological polar surface area (TPSA) is 26.3 Å². The molecule has 2 nitrogen and oxygen atoms in total. The molecule has 1 aliphatic carbocycles. The van der Waals surface area contributed by atoms with Crippen molar-refractivity contribution >= 4 is 29.5 Å². The smallest absolute Gasteiger partial charge is 0.313 e. The van der Waals surface area contributed by atoms with Crippen LogP contribution in [0.5, 0.6) is 0 Å². The predicted octanol–water partition coefficient (Wildman–Crippen LogP) is 3.08.